The highest BCUT2D eigenvalue weighted by molar-refractivity contribution is 5.66. The molecule has 0 aliphatic rings. The van der Waals surface area contributed by atoms with Crippen LogP contribution in [0.3, 0.4) is 0 Å². The molecule has 2 N–H and O–H groups in total. The number of hydrogen-bond acceptors (Lipinski definition) is 3. The van der Waals surface area contributed by atoms with Crippen molar-refractivity contribution in [3.05, 3.63) is 17.7 Å². The molecule has 66 valence electrons. The fraction of sp³-hybridized carbons (Fsp3) is 0.429. The van der Waals surface area contributed by atoms with Crippen molar-refractivity contribution < 1.29 is 9.53 Å². The van der Waals surface area contributed by atoms with Gasteiger partial charge in [0.05, 0.1) is 13.7 Å². The van der Waals surface area contributed by atoms with Crippen molar-refractivity contribution in [1.82, 2.24) is 15.3 Å². The van der Waals surface area contributed by atoms with Crippen LogP contribution >= 0.6 is 0 Å². The van der Waals surface area contributed by atoms with Crippen LogP contribution in [0.25, 0.3) is 0 Å². The van der Waals surface area contributed by atoms with E-state index in [4.69, 9.17) is 0 Å². The van der Waals surface area contributed by atoms with Gasteiger partial charge in [0, 0.05) is 11.9 Å². The summed E-state index contributed by atoms with van der Waals surface area (Å²) < 4.78 is 4.39. The number of ether oxygens (including phenoxy) is 1. The third-order valence-corrected chi connectivity index (χ3v) is 1.34. The molecular formula is C7H11N3O2. The molecule has 1 aromatic rings. The molecule has 0 saturated heterocycles. The van der Waals surface area contributed by atoms with E-state index < -0.39 is 6.09 Å². The van der Waals surface area contributed by atoms with E-state index in [1.807, 2.05) is 6.92 Å². The maximum atomic E-state index is 10.6. The fourth-order valence-corrected chi connectivity index (χ4v) is 0.785. The molecule has 0 unspecified atom stereocenters. The van der Waals surface area contributed by atoms with Gasteiger partial charge in [-0.05, 0) is 6.92 Å². The largest absolute Gasteiger partial charge is 0.453 e. The Kier molecular flexibility index (Phi) is 2.68. The van der Waals surface area contributed by atoms with Crippen LogP contribution < -0.4 is 5.32 Å². The first kappa shape index (κ1) is 8.58. The van der Waals surface area contributed by atoms with Crippen LogP contribution in [0, 0.1) is 6.92 Å². The molecule has 0 saturated carbocycles. The second kappa shape index (κ2) is 3.75. The van der Waals surface area contributed by atoms with Crippen molar-refractivity contribution >= 4 is 6.09 Å². The van der Waals surface area contributed by atoms with Crippen LogP contribution in [0.4, 0.5) is 4.79 Å². The van der Waals surface area contributed by atoms with Gasteiger partial charge in [-0.3, -0.25) is 0 Å². The summed E-state index contributed by atoms with van der Waals surface area (Å²) in [5.74, 6) is 0.720. The molecular weight excluding hydrogens is 158 g/mol. The van der Waals surface area contributed by atoms with Gasteiger partial charge in [0.25, 0.3) is 0 Å². The summed E-state index contributed by atoms with van der Waals surface area (Å²) >= 11 is 0. The summed E-state index contributed by atoms with van der Waals surface area (Å²) in [7, 11) is 1.32. The minimum atomic E-state index is -0.455. The van der Waals surface area contributed by atoms with Crippen LogP contribution in [0.2, 0.25) is 0 Å². The summed E-state index contributed by atoms with van der Waals surface area (Å²) in [6.07, 6.45) is 1.25. The smallest absolute Gasteiger partial charge is 0.407 e. The number of nitrogens with one attached hydrogen (secondary N) is 2. The topological polar surface area (TPSA) is 67.0 Å². The summed E-state index contributed by atoms with van der Waals surface area (Å²) in [5, 5.41) is 2.51. The number of H-pyrrole nitrogens is 1. The average molecular weight is 169 g/mol. The van der Waals surface area contributed by atoms with Crippen LogP contribution in [-0.4, -0.2) is 23.2 Å². The van der Waals surface area contributed by atoms with E-state index >= 15 is 0 Å². The van der Waals surface area contributed by atoms with Crippen LogP contribution in [-0.2, 0) is 11.3 Å². The van der Waals surface area contributed by atoms with Gasteiger partial charge in [0.2, 0.25) is 0 Å². The number of imidazole rings is 1. The van der Waals surface area contributed by atoms with Crippen LogP contribution in [0.1, 0.15) is 11.5 Å². The number of aromatic amines is 1. The van der Waals surface area contributed by atoms with E-state index in [1.165, 1.54) is 7.11 Å². The van der Waals surface area contributed by atoms with E-state index in [0.29, 0.717) is 6.54 Å². The molecule has 1 rings (SSSR count). The Labute approximate surface area is 70.1 Å². The van der Waals surface area contributed by atoms with Crippen molar-refractivity contribution in [2.45, 2.75) is 13.5 Å². The van der Waals surface area contributed by atoms with Gasteiger partial charge >= 0.3 is 6.09 Å². The van der Waals surface area contributed by atoms with Crippen LogP contribution in [0.15, 0.2) is 6.20 Å². The third kappa shape index (κ3) is 2.26. The second-order valence-corrected chi connectivity index (χ2v) is 2.36. The number of carbonyl (C=O) groups is 1. The predicted molar refractivity (Wildman–Crippen MR) is 42.6 cm³/mol. The molecule has 0 atom stereocenters. The van der Waals surface area contributed by atoms with Crippen LogP contribution in [0.5, 0.6) is 0 Å². The Morgan fingerprint density at radius 2 is 2.58 bits per heavy atom. The number of alkyl carbamates (subject to hydrolysis) is 1. The van der Waals surface area contributed by atoms with E-state index in [1.54, 1.807) is 6.20 Å². The van der Waals surface area contributed by atoms with Gasteiger partial charge in [-0.1, -0.05) is 0 Å². The Bertz CT molecular complexity index is 269. The minimum Gasteiger partial charge on any atom is -0.453 e. The van der Waals surface area contributed by atoms with Gasteiger partial charge in [0.15, 0.2) is 0 Å². The van der Waals surface area contributed by atoms with Crippen molar-refractivity contribution in [3.63, 3.8) is 0 Å². The molecule has 0 spiro atoms. The third-order valence-electron chi connectivity index (χ3n) is 1.34. The second-order valence-electron chi connectivity index (χ2n) is 2.36. The molecule has 0 radical (unpaired) electrons. The first-order valence-corrected chi connectivity index (χ1v) is 3.54. The number of hydrogen-bond donors (Lipinski definition) is 2. The lowest BCUT2D eigenvalue weighted by atomic mass is 10.6. The summed E-state index contributed by atoms with van der Waals surface area (Å²) in [5.41, 5.74) is 0.969. The number of methoxy groups -OCH3 is 1. The highest BCUT2D eigenvalue weighted by Gasteiger charge is 2.00. The molecule has 0 bridgehead atoms. The first-order valence-electron chi connectivity index (χ1n) is 3.54. The van der Waals surface area contributed by atoms with E-state index in [0.717, 1.165) is 11.5 Å². The monoisotopic (exact) mass is 169 g/mol. The molecule has 0 fully saturated rings. The zero-order valence-electron chi connectivity index (χ0n) is 7.05. The summed E-state index contributed by atoms with van der Waals surface area (Å²) in [4.78, 5) is 17.6. The summed E-state index contributed by atoms with van der Waals surface area (Å²) in [6, 6.07) is 0. The van der Waals surface area contributed by atoms with E-state index in [-0.39, 0.29) is 0 Å². The zero-order chi connectivity index (χ0) is 8.97. The number of aromatic nitrogens is 2. The quantitative estimate of drug-likeness (QED) is 0.680. The highest BCUT2D eigenvalue weighted by Crippen LogP contribution is 1.93. The predicted octanol–water partition coefficient (Wildman–Crippen LogP) is 0.574. The van der Waals surface area contributed by atoms with E-state index in [9.17, 15) is 4.79 Å². The number of carbonyl (C=O) groups excluding carboxylic acids is 1. The highest BCUT2D eigenvalue weighted by atomic mass is 16.5. The Morgan fingerprint density at radius 3 is 3.08 bits per heavy atom. The number of nitrogens with zero attached hydrogens (tertiary/aromatic N) is 1. The van der Waals surface area contributed by atoms with Gasteiger partial charge < -0.3 is 15.0 Å². The zero-order valence-corrected chi connectivity index (χ0v) is 7.05. The molecule has 0 aliphatic heterocycles. The Balaban J connectivity index is 2.38. The van der Waals surface area contributed by atoms with Crippen molar-refractivity contribution in [2.24, 2.45) is 0 Å². The molecule has 1 heterocycles. The maximum Gasteiger partial charge on any atom is 0.407 e. The van der Waals surface area contributed by atoms with Gasteiger partial charge in [-0.2, -0.15) is 0 Å². The lowest BCUT2D eigenvalue weighted by Crippen LogP contribution is -2.22. The Morgan fingerprint density at radius 1 is 1.83 bits per heavy atom. The fourth-order valence-electron chi connectivity index (χ4n) is 0.785. The SMILES string of the molecule is COC(=O)NCc1ncc(C)[nH]1. The standard InChI is InChI=1S/C7H11N3O2/c1-5-3-8-6(10-5)4-9-7(11)12-2/h3H,4H2,1-2H3,(H,8,10)(H,9,11). The minimum absolute atomic E-state index is 0.362. The molecule has 1 aromatic heterocycles. The molecule has 5 heteroatoms. The first-order chi connectivity index (χ1) is 5.72. The molecule has 0 aliphatic carbocycles. The Hall–Kier alpha value is -1.52. The lowest BCUT2D eigenvalue weighted by Gasteiger charge is -1.99. The lowest BCUT2D eigenvalue weighted by molar-refractivity contribution is 0.170. The molecule has 1 amide bonds. The normalized spacial score (nSPS) is 9.50. The van der Waals surface area contributed by atoms with Crippen molar-refractivity contribution in [3.8, 4) is 0 Å². The van der Waals surface area contributed by atoms with Gasteiger partial charge in [-0.25, -0.2) is 9.78 Å². The summed E-state index contributed by atoms with van der Waals surface area (Å²) in [6.45, 7) is 2.26. The number of amides is 1. The van der Waals surface area contributed by atoms with Crippen molar-refractivity contribution in [2.75, 3.05) is 7.11 Å². The molecule has 12 heavy (non-hydrogen) atoms. The molecule has 0 aromatic carbocycles. The van der Waals surface area contributed by atoms with Gasteiger partial charge in [-0.15, -0.1) is 0 Å². The number of aryl methyl sites for hydroxylation is 1. The number of rotatable bonds is 2. The average Bonchev–Trinajstić information content (AvgIpc) is 2.47. The van der Waals surface area contributed by atoms with Gasteiger partial charge in [0.1, 0.15) is 5.82 Å². The van der Waals surface area contributed by atoms with E-state index in [2.05, 4.69) is 20.0 Å². The molecule has 5 nitrogen and oxygen atoms in total. The maximum absolute atomic E-state index is 10.6. The van der Waals surface area contributed by atoms with Crippen molar-refractivity contribution in [1.29, 1.82) is 0 Å².